The van der Waals surface area contributed by atoms with Gasteiger partial charge in [0.25, 0.3) is 0 Å². The van der Waals surface area contributed by atoms with Gasteiger partial charge in [-0.3, -0.25) is 4.99 Å². The van der Waals surface area contributed by atoms with Crippen molar-refractivity contribution >= 4 is 11.9 Å². The zero-order valence-electron chi connectivity index (χ0n) is 10.8. The van der Waals surface area contributed by atoms with Gasteiger partial charge in [-0.05, 0) is 36.4 Å². The van der Waals surface area contributed by atoms with E-state index in [0.29, 0.717) is 11.5 Å². The van der Waals surface area contributed by atoms with E-state index in [9.17, 15) is 5.11 Å². The lowest BCUT2D eigenvalue weighted by atomic mass is 10.2. The van der Waals surface area contributed by atoms with Crippen LogP contribution in [0.2, 0.25) is 0 Å². The molecule has 2 aromatic carbocycles. The number of aliphatic imine (C=N–C) groups is 1. The lowest BCUT2D eigenvalue weighted by molar-refractivity contribution is 0.354. The Morgan fingerprint density at radius 2 is 1.74 bits per heavy atom. The van der Waals surface area contributed by atoms with Gasteiger partial charge in [0.2, 0.25) is 0 Å². The van der Waals surface area contributed by atoms with Crippen LogP contribution in [0, 0.1) is 0 Å². The fraction of sp³-hybridized carbons (Fsp3) is 0.133. The number of nitrogens with zero attached hydrogens (tertiary/aromatic N) is 1. The molecule has 2 rings (SSSR count). The summed E-state index contributed by atoms with van der Waals surface area (Å²) in [6.45, 7) is 0. The van der Waals surface area contributed by atoms with Crippen LogP contribution in [-0.4, -0.2) is 25.5 Å². The molecule has 0 amide bonds. The maximum Gasteiger partial charge on any atom is 0.169 e. The third-order valence-corrected chi connectivity index (χ3v) is 2.64. The minimum atomic E-state index is 0.220. The van der Waals surface area contributed by atoms with Gasteiger partial charge < -0.3 is 14.6 Å². The number of methoxy groups -OCH3 is 2. The van der Waals surface area contributed by atoms with E-state index < -0.39 is 0 Å². The summed E-state index contributed by atoms with van der Waals surface area (Å²) in [4.78, 5) is 4.33. The van der Waals surface area contributed by atoms with E-state index in [1.54, 1.807) is 44.7 Å². The third-order valence-electron chi connectivity index (χ3n) is 2.64. The number of aromatic hydroxyl groups is 1. The lowest BCUT2D eigenvalue weighted by Crippen LogP contribution is -1.94. The predicted octanol–water partition coefficient (Wildman–Crippen LogP) is 3.16. The summed E-state index contributed by atoms with van der Waals surface area (Å²) in [6, 6.07) is 12.3. The maximum absolute atomic E-state index is 9.20. The lowest BCUT2D eigenvalue weighted by Gasteiger charge is -2.09. The summed E-state index contributed by atoms with van der Waals surface area (Å²) in [5.74, 6) is 1.53. The summed E-state index contributed by atoms with van der Waals surface area (Å²) in [6.07, 6.45) is 1.70. The van der Waals surface area contributed by atoms with Crippen molar-refractivity contribution in [3.8, 4) is 17.2 Å². The summed E-state index contributed by atoms with van der Waals surface area (Å²) >= 11 is 0. The van der Waals surface area contributed by atoms with Crippen molar-refractivity contribution in [3.05, 3.63) is 48.0 Å². The SMILES string of the molecule is COc1cccc(C=Nc2ccc(O)cc2)c1OC. The largest absolute Gasteiger partial charge is 0.508 e. The molecule has 0 radical (unpaired) electrons. The number of phenolic OH excluding ortho intramolecular Hbond substituents is 1. The van der Waals surface area contributed by atoms with Crippen LogP contribution >= 0.6 is 0 Å². The van der Waals surface area contributed by atoms with Crippen LogP contribution in [0.15, 0.2) is 47.5 Å². The molecule has 0 aliphatic carbocycles. The zero-order valence-corrected chi connectivity index (χ0v) is 10.8. The van der Waals surface area contributed by atoms with Gasteiger partial charge in [0, 0.05) is 11.8 Å². The smallest absolute Gasteiger partial charge is 0.169 e. The second-order valence-electron chi connectivity index (χ2n) is 3.86. The molecular weight excluding hydrogens is 242 g/mol. The normalized spacial score (nSPS) is 10.6. The van der Waals surface area contributed by atoms with E-state index >= 15 is 0 Å². The van der Waals surface area contributed by atoms with E-state index in [0.717, 1.165) is 11.3 Å². The fourth-order valence-electron chi connectivity index (χ4n) is 1.70. The maximum atomic E-state index is 9.20. The quantitative estimate of drug-likeness (QED) is 0.856. The van der Waals surface area contributed by atoms with Gasteiger partial charge in [0.15, 0.2) is 11.5 Å². The highest BCUT2D eigenvalue weighted by Gasteiger charge is 2.06. The van der Waals surface area contributed by atoms with Crippen molar-refractivity contribution in [2.24, 2.45) is 4.99 Å². The van der Waals surface area contributed by atoms with Crippen LogP contribution in [0.1, 0.15) is 5.56 Å². The summed E-state index contributed by atoms with van der Waals surface area (Å²) in [7, 11) is 3.19. The monoisotopic (exact) mass is 257 g/mol. The van der Waals surface area contributed by atoms with Crippen molar-refractivity contribution in [2.75, 3.05) is 14.2 Å². The van der Waals surface area contributed by atoms with Crippen molar-refractivity contribution in [3.63, 3.8) is 0 Å². The van der Waals surface area contributed by atoms with Crippen LogP contribution in [0.4, 0.5) is 5.69 Å². The van der Waals surface area contributed by atoms with E-state index in [1.807, 2.05) is 18.2 Å². The molecule has 19 heavy (non-hydrogen) atoms. The number of hydrogen-bond donors (Lipinski definition) is 1. The van der Waals surface area contributed by atoms with Gasteiger partial charge in [-0.25, -0.2) is 0 Å². The topological polar surface area (TPSA) is 51.0 Å². The second kappa shape index (κ2) is 5.91. The first-order valence-electron chi connectivity index (χ1n) is 5.78. The minimum Gasteiger partial charge on any atom is -0.508 e. The van der Waals surface area contributed by atoms with Gasteiger partial charge in [0.05, 0.1) is 19.9 Å². The van der Waals surface area contributed by atoms with Crippen molar-refractivity contribution < 1.29 is 14.6 Å². The number of phenols is 1. The average molecular weight is 257 g/mol. The third kappa shape index (κ3) is 3.04. The van der Waals surface area contributed by atoms with Crippen LogP contribution in [0.3, 0.4) is 0 Å². The summed E-state index contributed by atoms with van der Waals surface area (Å²) < 4.78 is 10.5. The minimum absolute atomic E-state index is 0.220. The molecule has 0 aliphatic rings. The predicted molar refractivity (Wildman–Crippen MR) is 74.9 cm³/mol. The first kappa shape index (κ1) is 13.0. The van der Waals surface area contributed by atoms with E-state index in [-0.39, 0.29) is 5.75 Å². The summed E-state index contributed by atoms with van der Waals surface area (Å²) in [5, 5.41) is 9.20. The highest BCUT2D eigenvalue weighted by Crippen LogP contribution is 2.29. The van der Waals surface area contributed by atoms with Crippen molar-refractivity contribution in [1.82, 2.24) is 0 Å². The molecule has 0 fully saturated rings. The van der Waals surface area contributed by atoms with Gasteiger partial charge in [-0.15, -0.1) is 0 Å². The Morgan fingerprint density at radius 3 is 2.37 bits per heavy atom. The number of ether oxygens (including phenoxy) is 2. The number of hydrogen-bond acceptors (Lipinski definition) is 4. The Morgan fingerprint density at radius 1 is 1.00 bits per heavy atom. The highest BCUT2D eigenvalue weighted by atomic mass is 16.5. The van der Waals surface area contributed by atoms with Crippen LogP contribution in [0.5, 0.6) is 17.2 Å². The number of rotatable bonds is 4. The van der Waals surface area contributed by atoms with E-state index in [4.69, 9.17) is 9.47 Å². The molecule has 2 aromatic rings. The molecular formula is C15H15NO3. The zero-order chi connectivity index (χ0) is 13.7. The molecule has 0 saturated carbocycles. The molecule has 0 unspecified atom stereocenters. The molecule has 0 aliphatic heterocycles. The molecule has 98 valence electrons. The average Bonchev–Trinajstić information content (AvgIpc) is 2.46. The Labute approximate surface area is 111 Å². The summed E-state index contributed by atoms with van der Waals surface area (Å²) in [5.41, 5.74) is 1.58. The molecule has 4 nitrogen and oxygen atoms in total. The first-order chi connectivity index (χ1) is 9.24. The Bertz CT molecular complexity index is 576. The van der Waals surface area contributed by atoms with Gasteiger partial charge in [-0.2, -0.15) is 0 Å². The number of benzene rings is 2. The van der Waals surface area contributed by atoms with Crippen molar-refractivity contribution in [1.29, 1.82) is 0 Å². The standard InChI is InChI=1S/C15H15NO3/c1-18-14-5-3-4-11(15(14)19-2)10-16-12-6-8-13(17)9-7-12/h3-10,17H,1-2H3. The van der Waals surface area contributed by atoms with Gasteiger partial charge in [0.1, 0.15) is 5.75 Å². The second-order valence-corrected chi connectivity index (χ2v) is 3.86. The number of para-hydroxylation sites is 1. The molecule has 0 saturated heterocycles. The van der Waals surface area contributed by atoms with E-state index in [1.165, 1.54) is 0 Å². The van der Waals surface area contributed by atoms with Crippen molar-refractivity contribution in [2.45, 2.75) is 0 Å². The first-order valence-corrected chi connectivity index (χ1v) is 5.78. The Balaban J connectivity index is 2.30. The Kier molecular flexibility index (Phi) is 4.03. The molecule has 1 N–H and O–H groups in total. The molecule has 0 aromatic heterocycles. The fourth-order valence-corrected chi connectivity index (χ4v) is 1.70. The molecule has 4 heteroatoms. The molecule has 0 heterocycles. The van der Waals surface area contributed by atoms with Crippen LogP contribution in [0.25, 0.3) is 0 Å². The highest BCUT2D eigenvalue weighted by molar-refractivity contribution is 5.86. The van der Waals surface area contributed by atoms with Gasteiger partial charge >= 0.3 is 0 Å². The molecule has 0 bridgehead atoms. The Hall–Kier alpha value is -2.49. The van der Waals surface area contributed by atoms with Crippen LogP contribution < -0.4 is 9.47 Å². The molecule has 0 spiro atoms. The molecule has 0 atom stereocenters. The van der Waals surface area contributed by atoms with Crippen LogP contribution in [-0.2, 0) is 0 Å². The van der Waals surface area contributed by atoms with Gasteiger partial charge in [-0.1, -0.05) is 6.07 Å². The van der Waals surface area contributed by atoms with E-state index in [2.05, 4.69) is 4.99 Å².